The monoisotopic (exact) mass is 216 g/mol. The summed E-state index contributed by atoms with van der Waals surface area (Å²) in [5, 5.41) is 0. The molecule has 0 bridgehead atoms. The second-order valence-corrected chi connectivity index (χ2v) is 3.99. The topological polar surface area (TPSA) is 46.3 Å². The van der Waals surface area contributed by atoms with Gasteiger partial charge in [-0.3, -0.25) is 4.79 Å². The van der Waals surface area contributed by atoms with Gasteiger partial charge in [-0.25, -0.2) is 0 Å². The summed E-state index contributed by atoms with van der Waals surface area (Å²) in [5.41, 5.74) is 8.78. The first-order chi connectivity index (χ1) is 7.74. The summed E-state index contributed by atoms with van der Waals surface area (Å²) in [6, 6.07) is 5.75. The van der Waals surface area contributed by atoms with Crippen LogP contribution in [-0.2, 0) is 11.2 Å². The molecule has 0 saturated heterocycles. The smallest absolute Gasteiger partial charge is 0.230 e. The average Bonchev–Trinajstić information content (AvgIpc) is 2.29. The molecule has 1 amide bonds. The van der Waals surface area contributed by atoms with Gasteiger partial charge in [0.05, 0.1) is 0 Å². The molecule has 1 aromatic carbocycles. The fourth-order valence-corrected chi connectivity index (χ4v) is 2.14. The van der Waals surface area contributed by atoms with Crippen LogP contribution in [0.1, 0.15) is 18.4 Å². The number of hydrogen-bond acceptors (Lipinski definition) is 2. The lowest BCUT2D eigenvalue weighted by molar-refractivity contribution is -0.117. The Morgan fingerprint density at radius 3 is 3.12 bits per heavy atom. The second kappa shape index (κ2) is 4.39. The van der Waals surface area contributed by atoms with E-state index in [0.717, 1.165) is 36.3 Å². The zero-order valence-electron chi connectivity index (χ0n) is 9.28. The number of fused-ring (bicyclic) bond motifs is 1. The SMILES string of the molecule is C=CCC(=O)N1CCCc2c(N)cccc21. The van der Waals surface area contributed by atoms with Gasteiger partial charge in [-0.1, -0.05) is 12.1 Å². The molecule has 16 heavy (non-hydrogen) atoms. The second-order valence-electron chi connectivity index (χ2n) is 3.99. The van der Waals surface area contributed by atoms with Gasteiger partial charge >= 0.3 is 0 Å². The molecule has 2 rings (SSSR count). The molecule has 0 fully saturated rings. The van der Waals surface area contributed by atoms with E-state index in [0.29, 0.717) is 6.42 Å². The highest BCUT2D eigenvalue weighted by molar-refractivity contribution is 5.96. The van der Waals surface area contributed by atoms with E-state index in [1.807, 2.05) is 23.1 Å². The number of amides is 1. The van der Waals surface area contributed by atoms with Gasteiger partial charge in [0, 0.05) is 24.3 Å². The lowest BCUT2D eigenvalue weighted by Gasteiger charge is -2.30. The zero-order chi connectivity index (χ0) is 11.5. The molecule has 0 atom stereocenters. The summed E-state index contributed by atoms with van der Waals surface area (Å²) < 4.78 is 0. The Kier molecular flexibility index (Phi) is 2.95. The van der Waals surface area contributed by atoms with Gasteiger partial charge in [0.25, 0.3) is 0 Å². The van der Waals surface area contributed by atoms with Crippen molar-refractivity contribution in [1.29, 1.82) is 0 Å². The van der Waals surface area contributed by atoms with Gasteiger partial charge in [0.2, 0.25) is 5.91 Å². The van der Waals surface area contributed by atoms with Crippen LogP contribution in [0.4, 0.5) is 11.4 Å². The maximum Gasteiger partial charge on any atom is 0.230 e. The normalized spacial score (nSPS) is 14.4. The fraction of sp³-hybridized carbons (Fsp3) is 0.308. The van der Waals surface area contributed by atoms with Crippen LogP contribution < -0.4 is 10.6 Å². The third kappa shape index (κ3) is 1.81. The third-order valence-corrected chi connectivity index (χ3v) is 2.91. The highest BCUT2D eigenvalue weighted by Crippen LogP contribution is 2.31. The number of carbonyl (C=O) groups excluding carboxylic acids is 1. The zero-order valence-corrected chi connectivity index (χ0v) is 9.28. The predicted molar refractivity (Wildman–Crippen MR) is 66.3 cm³/mol. The molecule has 0 saturated carbocycles. The molecular weight excluding hydrogens is 200 g/mol. The third-order valence-electron chi connectivity index (χ3n) is 2.91. The van der Waals surface area contributed by atoms with Gasteiger partial charge < -0.3 is 10.6 Å². The van der Waals surface area contributed by atoms with Crippen molar-refractivity contribution in [1.82, 2.24) is 0 Å². The summed E-state index contributed by atoms with van der Waals surface area (Å²) in [7, 11) is 0. The summed E-state index contributed by atoms with van der Waals surface area (Å²) in [6.07, 6.45) is 3.96. The molecule has 3 nitrogen and oxygen atoms in total. The van der Waals surface area contributed by atoms with Crippen molar-refractivity contribution in [3.63, 3.8) is 0 Å². The number of hydrogen-bond donors (Lipinski definition) is 1. The highest BCUT2D eigenvalue weighted by atomic mass is 16.2. The molecular formula is C13H16N2O. The van der Waals surface area contributed by atoms with Gasteiger partial charge in [0.15, 0.2) is 0 Å². The minimum Gasteiger partial charge on any atom is -0.398 e. The molecule has 1 aromatic rings. The summed E-state index contributed by atoms with van der Waals surface area (Å²) in [4.78, 5) is 13.7. The molecule has 0 aliphatic carbocycles. The lowest BCUT2D eigenvalue weighted by atomic mass is 9.99. The predicted octanol–water partition coefficient (Wildman–Crippen LogP) is 2.12. The Morgan fingerprint density at radius 2 is 2.38 bits per heavy atom. The van der Waals surface area contributed by atoms with Gasteiger partial charge in [0.1, 0.15) is 0 Å². The van der Waals surface area contributed by atoms with Crippen LogP contribution in [0.5, 0.6) is 0 Å². The standard InChI is InChI=1S/C13H16N2O/c1-2-5-13(16)15-9-4-6-10-11(14)7-3-8-12(10)15/h2-3,7-8H,1,4-6,9,14H2. The maximum absolute atomic E-state index is 11.9. The van der Waals surface area contributed by atoms with Crippen LogP contribution in [0, 0.1) is 0 Å². The largest absolute Gasteiger partial charge is 0.398 e. The maximum atomic E-state index is 11.9. The molecule has 3 heteroatoms. The van der Waals surface area contributed by atoms with Gasteiger partial charge in [-0.2, -0.15) is 0 Å². The number of nitrogens with two attached hydrogens (primary N) is 1. The Labute approximate surface area is 95.6 Å². The van der Waals surface area contributed by atoms with Crippen LogP contribution in [-0.4, -0.2) is 12.5 Å². The first-order valence-electron chi connectivity index (χ1n) is 5.52. The van der Waals surface area contributed by atoms with E-state index in [4.69, 9.17) is 5.73 Å². The molecule has 1 heterocycles. The number of benzene rings is 1. The molecule has 1 aliphatic heterocycles. The van der Waals surface area contributed by atoms with E-state index in [2.05, 4.69) is 6.58 Å². The molecule has 84 valence electrons. The number of nitrogen functional groups attached to an aromatic ring is 1. The first kappa shape index (κ1) is 10.7. The van der Waals surface area contributed by atoms with Crippen molar-refractivity contribution in [3.05, 3.63) is 36.4 Å². The Morgan fingerprint density at radius 1 is 1.56 bits per heavy atom. The molecule has 0 spiro atoms. The van der Waals surface area contributed by atoms with Crippen molar-refractivity contribution >= 4 is 17.3 Å². The van der Waals surface area contributed by atoms with Crippen LogP contribution in [0.2, 0.25) is 0 Å². The molecule has 0 unspecified atom stereocenters. The van der Waals surface area contributed by atoms with E-state index >= 15 is 0 Å². The molecule has 0 aromatic heterocycles. The van der Waals surface area contributed by atoms with Crippen molar-refractivity contribution in [2.24, 2.45) is 0 Å². The van der Waals surface area contributed by atoms with Crippen molar-refractivity contribution < 1.29 is 4.79 Å². The Balaban J connectivity index is 2.36. The van der Waals surface area contributed by atoms with Crippen LogP contribution in [0.3, 0.4) is 0 Å². The number of anilines is 2. The Bertz CT molecular complexity index is 426. The summed E-state index contributed by atoms with van der Waals surface area (Å²) >= 11 is 0. The van der Waals surface area contributed by atoms with Gasteiger partial charge in [-0.05, 0) is 30.5 Å². The summed E-state index contributed by atoms with van der Waals surface area (Å²) in [5.74, 6) is 0.0987. The van der Waals surface area contributed by atoms with E-state index in [9.17, 15) is 4.79 Å². The quantitative estimate of drug-likeness (QED) is 0.608. The van der Waals surface area contributed by atoms with Gasteiger partial charge in [-0.15, -0.1) is 6.58 Å². The van der Waals surface area contributed by atoms with Crippen molar-refractivity contribution in [2.75, 3.05) is 17.2 Å². The van der Waals surface area contributed by atoms with E-state index in [1.165, 1.54) is 0 Å². The fourth-order valence-electron chi connectivity index (χ4n) is 2.14. The van der Waals surface area contributed by atoms with Crippen molar-refractivity contribution in [3.8, 4) is 0 Å². The van der Waals surface area contributed by atoms with E-state index in [-0.39, 0.29) is 5.91 Å². The number of nitrogens with zero attached hydrogens (tertiary/aromatic N) is 1. The minimum atomic E-state index is 0.0987. The van der Waals surface area contributed by atoms with Crippen LogP contribution >= 0.6 is 0 Å². The lowest BCUT2D eigenvalue weighted by Crippen LogP contribution is -2.35. The Hall–Kier alpha value is -1.77. The number of carbonyl (C=O) groups is 1. The molecule has 1 aliphatic rings. The summed E-state index contributed by atoms with van der Waals surface area (Å²) in [6.45, 7) is 4.38. The average molecular weight is 216 g/mol. The first-order valence-corrected chi connectivity index (χ1v) is 5.52. The van der Waals surface area contributed by atoms with Crippen LogP contribution in [0.25, 0.3) is 0 Å². The van der Waals surface area contributed by atoms with Crippen molar-refractivity contribution in [2.45, 2.75) is 19.3 Å². The number of rotatable bonds is 2. The minimum absolute atomic E-state index is 0.0987. The van der Waals surface area contributed by atoms with E-state index in [1.54, 1.807) is 6.08 Å². The van der Waals surface area contributed by atoms with Crippen LogP contribution in [0.15, 0.2) is 30.9 Å². The highest BCUT2D eigenvalue weighted by Gasteiger charge is 2.22. The van der Waals surface area contributed by atoms with E-state index < -0.39 is 0 Å². The molecule has 2 N–H and O–H groups in total. The molecule has 0 radical (unpaired) electrons.